The summed E-state index contributed by atoms with van der Waals surface area (Å²) in [5.74, 6) is -0.759. The maximum Gasteiger partial charge on any atom is 0.297 e. The Morgan fingerprint density at radius 1 is 1.26 bits per heavy atom. The number of aliphatic hydroxyl groups is 2. The number of allylic oxidation sites excluding steroid dienone is 1. The van der Waals surface area contributed by atoms with Crippen molar-refractivity contribution in [2.45, 2.75) is 31.9 Å². The SMILES string of the molecule is COc1cccn(-c2ccc3c(c2)[C@@](O)([C@H](C)/C=C/CCn2cc(CCO)nn2)C(=O)N3C)c1=O. The number of rotatable bonds is 9. The van der Waals surface area contributed by atoms with Crippen molar-refractivity contribution in [2.75, 3.05) is 25.7 Å². The first-order valence-electron chi connectivity index (χ1n) is 11.4. The molecule has 3 heterocycles. The first-order valence-corrected chi connectivity index (χ1v) is 11.4. The highest BCUT2D eigenvalue weighted by Gasteiger charge is 2.51. The average molecular weight is 480 g/mol. The molecule has 1 aliphatic heterocycles. The molecular weight excluding hydrogens is 450 g/mol. The lowest BCUT2D eigenvalue weighted by atomic mass is 9.82. The second-order valence-electron chi connectivity index (χ2n) is 8.54. The second kappa shape index (κ2) is 9.85. The number of hydrogen-bond donors (Lipinski definition) is 2. The first-order chi connectivity index (χ1) is 16.8. The zero-order chi connectivity index (χ0) is 25.2. The van der Waals surface area contributed by atoms with Gasteiger partial charge in [0.2, 0.25) is 0 Å². The minimum atomic E-state index is -1.78. The van der Waals surface area contributed by atoms with Crippen LogP contribution >= 0.6 is 0 Å². The molecule has 35 heavy (non-hydrogen) atoms. The molecule has 10 nitrogen and oxygen atoms in total. The van der Waals surface area contributed by atoms with Gasteiger partial charge in [0.05, 0.1) is 18.5 Å². The number of methoxy groups -OCH3 is 1. The van der Waals surface area contributed by atoms with E-state index < -0.39 is 17.4 Å². The Kier molecular flexibility index (Phi) is 6.86. The van der Waals surface area contributed by atoms with Gasteiger partial charge in [-0.15, -0.1) is 5.10 Å². The van der Waals surface area contributed by atoms with Crippen molar-refractivity contribution in [3.8, 4) is 11.4 Å². The third-order valence-corrected chi connectivity index (χ3v) is 6.36. The Morgan fingerprint density at radius 3 is 2.80 bits per heavy atom. The van der Waals surface area contributed by atoms with E-state index >= 15 is 0 Å². The highest BCUT2D eigenvalue weighted by atomic mass is 16.5. The number of nitrogens with zero attached hydrogens (tertiary/aromatic N) is 5. The number of aliphatic hydroxyl groups excluding tert-OH is 1. The van der Waals surface area contributed by atoms with Crippen LogP contribution in [-0.4, -0.2) is 56.4 Å². The van der Waals surface area contributed by atoms with Gasteiger partial charge in [-0.05, 0) is 36.8 Å². The molecule has 0 saturated heterocycles. The topological polar surface area (TPSA) is 123 Å². The summed E-state index contributed by atoms with van der Waals surface area (Å²) in [5.41, 5.74) is 0.173. The molecule has 0 unspecified atom stereocenters. The van der Waals surface area contributed by atoms with Gasteiger partial charge < -0.3 is 19.8 Å². The molecular formula is C25H29N5O5. The first kappa shape index (κ1) is 24.4. The molecule has 3 aromatic rings. The molecule has 0 aliphatic carbocycles. The standard InChI is InChI=1S/C25H29N5O5/c1-17(7-4-5-12-29-16-18(11-14-31)26-27-29)25(34)20-15-19(9-10-21(20)28(2)24(25)33)30-13-6-8-22(35-3)23(30)32/h4,6-10,13,15-17,31,34H,5,11-12,14H2,1-3H3/b7-4+/t17-,25+/m1/s1. The summed E-state index contributed by atoms with van der Waals surface area (Å²) in [5, 5.41) is 28.7. The summed E-state index contributed by atoms with van der Waals surface area (Å²) in [6, 6.07) is 8.43. The fourth-order valence-electron chi connectivity index (χ4n) is 4.35. The van der Waals surface area contributed by atoms with Crippen molar-refractivity contribution in [1.29, 1.82) is 0 Å². The third kappa shape index (κ3) is 4.38. The minimum Gasteiger partial charge on any atom is -0.491 e. The van der Waals surface area contributed by atoms with Crippen LogP contribution in [-0.2, 0) is 23.4 Å². The van der Waals surface area contributed by atoms with Crippen molar-refractivity contribution >= 4 is 11.6 Å². The van der Waals surface area contributed by atoms with Crippen LogP contribution in [0.3, 0.4) is 0 Å². The summed E-state index contributed by atoms with van der Waals surface area (Å²) in [6.07, 6.45) is 8.20. The monoisotopic (exact) mass is 479 g/mol. The van der Waals surface area contributed by atoms with E-state index in [1.54, 1.807) is 61.4 Å². The second-order valence-corrected chi connectivity index (χ2v) is 8.54. The maximum atomic E-state index is 13.2. The summed E-state index contributed by atoms with van der Waals surface area (Å²) in [6.45, 7) is 2.39. The number of benzene rings is 1. The third-order valence-electron chi connectivity index (χ3n) is 6.36. The van der Waals surface area contributed by atoms with E-state index in [0.717, 1.165) is 5.69 Å². The highest BCUT2D eigenvalue weighted by molar-refractivity contribution is 6.07. The molecule has 184 valence electrons. The van der Waals surface area contributed by atoms with Gasteiger partial charge in [-0.2, -0.15) is 0 Å². The smallest absolute Gasteiger partial charge is 0.297 e. The van der Waals surface area contributed by atoms with E-state index in [9.17, 15) is 14.7 Å². The van der Waals surface area contributed by atoms with Gasteiger partial charge in [0, 0.05) is 56.2 Å². The van der Waals surface area contributed by atoms with E-state index in [4.69, 9.17) is 9.84 Å². The molecule has 10 heteroatoms. The molecule has 2 atom stereocenters. The van der Waals surface area contributed by atoms with Crippen LogP contribution in [0.15, 0.2) is 59.7 Å². The van der Waals surface area contributed by atoms with E-state index in [2.05, 4.69) is 10.3 Å². The molecule has 0 bridgehead atoms. The minimum absolute atomic E-state index is 0.0206. The number of ether oxygens (including phenoxy) is 1. The van der Waals surface area contributed by atoms with Crippen molar-refractivity contribution in [2.24, 2.45) is 5.92 Å². The lowest BCUT2D eigenvalue weighted by Gasteiger charge is -2.27. The molecule has 1 aliphatic rings. The van der Waals surface area contributed by atoms with Crippen LogP contribution in [0.4, 0.5) is 5.69 Å². The van der Waals surface area contributed by atoms with Crippen molar-refractivity contribution in [3.63, 3.8) is 0 Å². The number of aryl methyl sites for hydroxylation is 1. The van der Waals surface area contributed by atoms with Gasteiger partial charge in [-0.1, -0.05) is 24.3 Å². The summed E-state index contributed by atoms with van der Waals surface area (Å²) in [7, 11) is 3.06. The molecule has 2 N–H and O–H groups in total. The summed E-state index contributed by atoms with van der Waals surface area (Å²) < 4.78 is 8.25. The van der Waals surface area contributed by atoms with Gasteiger partial charge in [0.1, 0.15) is 0 Å². The number of likely N-dealkylation sites (N-methyl/N-ethyl adjacent to an activating group) is 1. The van der Waals surface area contributed by atoms with Gasteiger partial charge >= 0.3 is 0 Å². The Hall–Kier alpha value is -3.76. The van der Waals surface area contributed by atoms with Gasteiger partial charge in [0.25, 0.3) is 11.5 Å². The van der Waals surface area contributed by atoms with Gasteiger partial charge in [-0.25, -0.2) is 0 Å². The number of fused-ring (bicyclic) bond motifs is 1. The Morgan fingerprint density at radius 2 is 2.06 bits per heavy atom. The number of carbonyl (C=O) groups is 1. The normalized spacial score (nSPS) is 18.3. The molecule has 0 fully saturated rings. The fourth-order valence-corrected chi connectivity index (χ4v) is 4.35. The molecule has 0 radical (unpaired) electrons. The lowest BCUT2D eigenvalue weighted by molar-refractivity contribution is -0.139. The molecule has 1 amide bonds. The highest BCUT2D eigenvalue weighted by Crippen LogP contribution is 2.45. The van der Waals surface area contributed by atoms with Crippen LogP contribution in [0.25, 0.3) is 5.69 Å². The van der Waals surface area contributed by atoms with Crippen LogP contribution in [0.5, 0.6) is 5.75 Å². The zero-order valence-corrected chi connectivity index (χ0v) is 20.0. The quantitative estimate of drug-likeness (QED) is 0.445. The van der Waals surface area contributed by atoms with Crippen LogP contribution < -0.4 is 15.2 Å². The van der Waals surface area contributed by atoms with Crippen molar-refractivity contribution < 1.29 is 19.7 Å². The Balaban J connectivity index is 1.58. The fraction of sp³-hybridized carbons (Fsp3) is 0.360. The number of pyridine rings is 1. The molecule has 2 aromatic heterocycles. The summed E-state index contributed by atoms with van der Waals surface area (Å²) in [4.78, 5) is 27.3. The predicted molar refractivity (Wildman–Crippen MR) is 130 cm³/mol. The number of anilines is 1. The summed E-state index contributed by atoms with van der Waals surface area (Å²) >= 11 is 0. The number of carbonyl (C=O) groups excluding carboxylic acids is 1. The molecule has 0 saturated carbocycles. The Labute approximate surface area is 202 Å². The number of hydrogen-bond acceptors (Lipinski definition) is 7. The van der Waals surface area contributed by atoms with Crippen molar-refractivity contribution in [3.05, 3.63) is 76.5 Å². The van der Waals surface area contributed by atoms with E-state index in [0.29, 0.717) is 36.3 Å². The largest absolute Gasteiger partial charge is 0.491 e. The maximum absolute atomic E-state index is 13.2. The number of aromatic nitrogens is 4. The number of amides is 1. The molecule has 1 aromatic carbocycles. The van der Waals surface area contributed by atoms with Crippen molar-refractivity contribution in [1.82, 2.24) is 19.6 Å². The molecule has 0 spiro atoms. The predicted octanol–water partition coefficient (Wildman–Crippen LogP) is 1.42. The van der Waals surface area contributed by atoms with Crippen LogP contribution in [0.1, 0.15) is 24.6 Å². The molecule has 4 rings (SSSR count). The van der Waals surface area contributed by atoms with E-state index in [1.807, 2.05) is 12.2 Å². The zero-order valence-electron chi connectivity index (χ0n) is 20.0. The lowest BCUT2D eigenvalue weighted by Crippen LogP contribution is -2.43. The van der Waals surface area contributed by atoms with Gasteiger partial charge in [-0.3, -0.25) is 18.8 Å². The Bertz CT molecular complexity index is 1310. The average Bonchev–Trinajstić information content (AvgIpc) is 3.39. The van der Waals surface area contributed by atoms with E-state index in [-0.39, 0.29) is 17.9 Å². The van der Waals surface area contributed by atoms with Crippen LogP contribution in [0.2, 0.25) is 0 Å². The van der Waals surface area contributed by atoms with Gasteiger partial charge in [0.15, 0.2) is 11.4 Å². The van der Waals surface area contributed by atoms with E-state index in [1.165, 1.54) is 16.6 Å². The van der Waals surface area contributed by atoms with Crippen LogP contribution in [0, 0.1) is 5.92 Å².